The van der Waals surface area contributed by atoms with Crippen LogP contribution in [0.4, 0.5) is 5.69 Å². The van der Waals surface area contributed by atoms with Crippen molar-refractivity contribution < 1.29 is 24.2 Å². The zero-order chi connectivity index (χ0) is 35.8. The van der Waals surface area contributed by atoms with Gasteiger partial charge in [-0.15, -0.1) is 0 Å². The lowest BCUT2D eigenvalue weighted by molar-refractivity contribution is -0.250. The molecule has 5 saturated carbocycles. The zero-order valence-corrected chi connectivity index (χ0v) is 31.5. The van der Waals surface area contributed by atoms with Gasteiger partial charge in [-0.25, -0.2) is 0 Å². The average molecular weight is 675 g/mol. The monoisotopic (exact) mass is 674 g/mol. The van der Waals surface area contributed by atoms with Gasteiger partial charge >= 0.3 is 11.9 Å². The van der Waals surface area contributed by atoms with Gasteiger partial charge in [-0.2, -0.15) is 0 Å². The largest absolute Gasteiger partial charge is 0.481 e. The number of hydrogen-bond acceptors (Lipinski definition) is 5. The molecule has 1 amide bonds. The summed E-state index contributed by atoms with van der Waals surface area (Å²) >= 11 is 0. The number of carbonyl (C=O) groups is 3. The van der Waals surface area contributed by atoms with E-state index in [4.69, 9.17) is 4.74 Å². The Morgan fingerprint density at radius 1 is 0.918 bits per heavy atom. The molecule has 1 heterocycles. The van der Waals surface area contributed by atoms with Crippen LogP contribution in [0.5, 0.6) is 0 Å². The van der Waals surface area contributed by atoms with Crippen LogP contribution >= 0.6 is 0 Å². The highest BCUT2D eigenvalue weighted by molar-refractivity contribution is 5.91. The molecule has 10 atom stereocenters. The minimum atomic E-state index is -1.14. The molecule has 1 aromatic heterocycles. The summed E-state index contributed by atoms with van der Waals surface area (Å²) in [6, 6.07) is 3.74. The second-order valence-corrected chi connectivity index (χ2v) is 19.2. The molecule has 0 spiro atoms. The summed E-state index contributed by atoms with van der Waals surface area (Å²) in [6.07, 6.45) is 14.7. The van der Waals surface area contributed by atoms with Crippen molar-refractivity contribution in [2.75, 3.05) is 5.32 Å². The number of aromatic nitrogens is 1. The fourth-order valence-corrected chi connectivity index (χ4v) is 13.4. The van der Waals surface area contributed by atoms with E-state index in [1.165, 1.54) is 24.8 Å². The molecule has 0 aliphatic heterocycles. The molecule has 7 nitrogen and oxygen atoms in total. The summed E-state index contributed by atoms with van der Waals surface area (Å²) in [5.74, 6) is 1.24. The number of nitrogens with zero attached hydrogens (tertiary/aromatic N) is 1. The number of ether oxygens (including phenoxy) is 1. The number of carbonyl (C=O) groups excluding carboxylic acids is 2. The molecule has 49 heavy (non-hydrogen) atoms. The molecule has 2 N–H and O–H groups in total. The first kappa shape index (κ1) is 36.1. The Hall–Kier alpha value is -2.70. The quantitative estimate of drug-likeness (QED) is 0.210. The minimum Gasteiger partial charge on any atom is -0.481 e. The number of rotatable bonds is 8. The van der Waals surface area contributed by atoms with Crippen LogP contribution in [-0.4, -0.2) is 34.0 Å². The first-order valence-electron chi connectivity index (χ1n) is 19.1. The maximum Gasteiger partial charge on any atom is 0.309 e. The molecule has 0 radical (unpaired) electrons. The van der Waals surface area contributed by atoms with E-state index in [1.807, 2.05) is 12.1 Å². The third-order valence-electron chi connectivity index (χ3n) is 16.1. The normalized spacial score (nSPS) is 40.9. The van der Waals surface area contributed by atoms with Crippen LogP contribution in [0.3, 0.4) is 0 Å². The van der Waals surface area contributed by atoms with Crippen molar-refractivity contribution in [3.05, 3.63) is 36.7 Å². The number of carboxylic acids is 1. The number of aliphatic carboxylic acids is 1. The van der Waals surface area contributed by atoms with Crippen molar-refractivity contribution in [3.8, 4) is 0 Å². The van der Waals surface area contributed by atoms with Crippen LogP contribution < -0.4 is 5.32 Å². The molecule has 5 aliphatic rings. The molecule has 0 saturated heterocycles. The summed E-state index contributed by atoms with van der Waals surface area (Å²) in [6.45, 7) is 22.4. The van der Waals surface area contributed by atoms with Crippen LogP contribution in [0.1, 0.15) is 132 Å². The van der Waals surface area contributed by atoms with Gasteiger partial charge in [0.2, 0.25) is 5.91 Å². The van der Waals surface area contributed by atoms with E-state index >= 15 is 0 Å². The van der Waals surface area contributed by atoms with Gasteiger partial charge in [0.25, 0.3) is 0 Å². The van der Waals surface area contributed by atoms with Crippen molar-refractivity contribution in [3.63, 3.8) is 0 Å². The van der Waals surface area contributed by atoms with E-state index in [0.717, 1.165) is 50.6 Å². The maximum atomic E-state index is 13.7. The van der Waals surface area contributed by atoms with Crippen LogP contribution in [-0.2, 0) is 19.1 Å². The molecule has 2 unspecified atom stereocenters. The van der Waals surface area contributed by atoms with E-state index in [1.54, 1.807) is 26.2 Å². The van der Waals surface area contributed by atoms with Crippen molar-refractivity contribution in [2.45, 2.75) is 139 Å². The van der Waals surface area contributed by atoms with E-state index < -0.39 is 17.4 Å². The summed E-state index contributed by atoms with van der Waals surface area (Å²) < 4.78 is 6.17. The first-order chi connectivity index (χ1) is 22.8. The highest BCUT2D eigenvalue weighted by atomic mass is 16.5. The molecule has 6 rings (SSSR count). The summed E-state index contributed by atoms with van der Waals surface area (Å²) in [5.41, 5.74) is 1.26. The van der Waals surface area contributed by atoms with Gasteiger partial charge in [-0.05, 0) is 148 Å². The van der Waals surface area contributed by atoms with Gasteiger partial charge < -0.3 is 15.2 Å². The fraction of sp³-hybridized carbons (Fsp3) is 0.762. The lowest BCUT2D eigenvalue weighted by Gasteiger charge is -2.73. The second-order valence-electron chi connectivity index (χ2n) is 19.2. The zero-order valence-electron chi connectivity index (χ0n) is 31.5. The number of anilines is 1. The lowest BCUT2D eigenvalue weighted by atomic mass is 9.32. The number of fused-ring (bicyclic) bond motifs is 7. The molecule has 270 valence electrons. The molecule has 5 aliphatic carbocycles. The Labute approximate surface area is 294 Å². The van der Waals surface area contributed by atoms with Gasteiger partial charge in [0, 0.05) is 29.9 Å². The molecule has 0 bridgehead atoms. The third kappa shape index (κ3) is 5.68. The molecule has 0 aromatic carbocycles. The summed E-state index contributed by atoms with van der Waals surface area (Å²) in [5, 5.41) is 12.8. The number of hydrogen-bond donors (Lipinski definition) is 2. The van der Waals surface area contributed by atoms with E-state index in [9.17, 15) is 19.5 Å². The number of pyridine rings is 1. The predicted octanol–water partition coefficient (Wildman–Crippen LogP) is 9.48. The molecule has 1 aromatic rings. The number of allylic oxidation sites excluding steroid dienone is 1. The Kier molecular flexibility index (Phi) is 9.00. The van der Waals surface area contributed by atoms with Crippen molar-refractivity contribution >= 4 is 23.5 Å². The van der Waals surface area contributed by atoms with Crippen molar-refractivity contribution in [2.24, 2.45) is 62.1 Å². The van der Waals surface area contributed by atoms with Gasteiger partial charge in [0.1, 0.15) is 6.10 Å². The topological polar surface area (TPSA) is 106 Å². The fourth-order valence-electron chi connectivity index (χ4n) is 13.4. The highest BCUT2D eigenvalue weighted by Crippen LogP contribution is 2.78. The van der Waals surface area contributed by atoms with Gasteiger partial charge in [-0.3, -0.25) is 19.4 Å². The van der Waals surface area contributed by atoms with Crippen LogP contribution in [0.25, 0.3) is 0 Å². The first-order valence-corrected chi connectivity index (χ1v) is 19.1. The second kappa shape index (κ2) is 12.2. The number of esters is 1. The Bertz CT molecular complexity index is 1490. The van der Waals surface area contributed by atoms with Gasteiger partial charge in [0.15, 0.2) is 0 Å². The lowest BCUT2D eigenvalue weighted by Crippen LogP contribution is -2.66. The number of amides is 1. The smallest absolute Gasteiger partial charge is 0.309 e. The van der Waals surface area contributed by atoms with Crippen LogP contribution in [0.15, 0.2) is 36.7 Å². The molecular weight excluding hydrogens is 612 g/mol. The third-order valence-corrected chi connectivity index (χ3v) is 16.1. The van der Waals surface area contributed by atoms with Crippen LogP contribution in [0, 0.1) is 62.1 Å². The van der Waals surface area contributed by atoms with Gasteiger partial charge in [0.05, 0.1) is 11.8 Å². The Morgan fingerprint density at radius 2 is 1.61 bits per heavy atom. The van der Waals surface area contributed by atoms with Crippen molar-refractivity contribution in [1.29, 1.82) is 0 Å². The Balaban J connectivity index is 1.25. The van der Waals surface area contributed by atoms with Gasteiger partial charge in [-0.1, -0.05) is 46.8 Å². The highest BCUT2D eigenvalue weighted by Gasteiger charge is 2.71. The number of nitrogens with one attached hydrogen (secondary N) is 1. The SMILES string of the molecule is C=C(C)[C@@H]1CC[C@]2(CC(=O)Nc3ccncc3)CC[C@]3(C)[C@H](CCC4[C@@]5(C)CC[C@H](OC(=O)CC(C)(C)C(=O)O)C(C)(C)C5CC[C@]43C)[C@@H]12. The Morgan fingerprint density at radius 3 is 2.27 bits per heavy atom. The minimum absolute atomic E-state index is 0.00827. The van der Waals surface area contributed by atoms with E-state index in [-0.39, 0.29) is 45.5 Å². The number of carboxylic acid groups (broad SMARTS) is 1. The summed E-state index contributed by atoms with van der Waals surface area (Å²) in [7, 11) is 0. The molecular formula is C42H62N2O5. The predicted molar refractivity (Wildman–Crippen MR) is 192 cm³/mol. The summed E-state index contributed by atoms with van der Waals surface area (Å²) in [4.78, 5) is 42.6. The van der Waals surface area contributed by atoms with Crippen LogP contribution in [0.2, 0.25) is 0 Å². The van der Waals surface area contributed by atoms with E-state index in [2.05, 4.69) is 58.4 Å². The van der Waals surface area contributed by atoms with Crippen molar-refractivity contribution in [1.82, 2.24) is 4.98 Å². The maximum absolute atomic E-state index is 13.7. The molecule has 5 fully saturated rings. The molecule has 7 heteroatoms. The van der Waals surface area contributed by atoms with E-state index in [0.29, 0.717) is 36.0 Å². The average Bonchev–Trinajstić information content (AvgIpc) is 3.38. The standard InChI is InChI=1S/C42H62N2O5/c1-26(2)28-12-19-42(24-33(45)44-27-15-22-43-23-16-27)21-20-40(8)29(35(28)42)10-11-31-39(7)17-14-32(49-34(46)25-37(3,4)36(47)48)38(5,6)30(39)13-18-41(31,40)9/h15-16,22-23,28-32,35H,1,10-14,17-21,24-25H2,2-9H3,(H,47,48)(H,43,44,45)/t28-,29+,30?,31?,32-,35+,39-,40+,41+,42+/m0/s1.